The Kier molecular flexibility index (Phi) is 3.77. The monoisotopic (exact) mass is 284 g/mol. The van der Waals surface area contributed by atoms with E-state index in [1.54, 1.807) is 0 Å². The zero-order valence-corrected chi connectivity index (χ0v) is 12.2. The van der Waals surface area contributed by atoms with E-state index in [4.69, 9.17) is 11.6 Å². The first kappa shape index (κ1) is 13.2. The van der Waals surface area contributed by atoms with Crippen LogP contribution in [0.1, 0.15) is 11.1 Å². The molecule has 0 bridgehead atoms. The number of rotatable bonds is 4. The molecule has 0 aliphatic carbocycles. The number of nitrogens with one attached hydrogen (secondary N) is 1. The summed E-state index contributed by atoms with van der Waals surface area (Å²) in [6.45, 7) is 1.76. The van der Waals surface area contributed by atoms with Crippen LogP contribution < -0.4 is 5.32 Å². The highest BCUT2D eigenvalue weighted by Gasteiger charge is 2.05. The highest BCUT2D eigenvalue weighted by atomic mass is 35.5. The molecule has 0 fully saturated rings. The van der Waals surface area contributed by atoms with Crippen LogP contribution in [0.3, 0.4) is 0 Å². The highest BCUT2D eigenvalue weighted by Crippen LogP contribution is 2.21. The fraction of sp³-hybridized carbons (Fsp3) is 0.176. The van der Waals surface area contributed by atoms with Gasteiger partial charge in [0.05, 0.1) is 0 Å². The molecule has 0 saturated carbocycles. The lowest BCUT2D eigenvalue weighted by Crippen LogP contribution is -2.05. The van der Waals surface area contributed by atoms with Crippen LogP contribution in [0, 0.1) is 0 Å². The molecule has 0 saturated heterocycles. The Morgan fingerprint density at radius 3 is 2.60 bits per heavy atom. The number of aromatic nitrogens is 1. The zero-order chi connectivity index (χ0) is 13.9. The van der Waals surface area contributed by atoms with E-state index in [0.717, 1.165) is 18.1 Å². The first-order chi connectivity index (χ1) is 9.78. The van der Waals surface area contributed by atoms with Crippen LogP contribution in [0.2, 0.25) is 5.02 Å². The Balaban J connectivity index is 1.96. The van der Waals surface area contributed by atoms with Gasteiger partial charge in [0.15, 0.2) is 0 Å². The molecule has 2 nitrogen and oxygen atoms in total. The third kappa shape index (κ3) is 2.58. The van der Waals surface area contributed by atoms with Crippen molar-refractivity contribution in [3.8, 4) is 0 Å². The molecule has 1 heterocycles. The molecule has 0 aliphatic heterocycles. The van der Waals surface area contributed by atoms with Gasteiger partial charge in [0.1, 0.15) is 0 Å². The molecular weight excluding hydrogens is 268 g/mol. The maximum absolute atomic E-state index is 5.93. The molecule has 0 radical (unpaired) electrons. The summed E-state index contributed by atoms with van der Waals surface area (Å²) in [7, 11) is 1.98. The van der Waals surface area contributed by atoms with Crippen molar-refractivity contribution in [2.24, 2.45) is 0 Å². The van der Waals surface area contributed by atoms with Gasteiger partial charge in [-0.15, -0.1) is 0 Å². The third-order valence-electron chi connectivity index (χ3n) is 3.54. The Morgan fingerprint density at radius 2 is 1.85 bits per heavy atom. The Bertz CT molecular complexity index is 713. The Hall–Kier alpha value is -1.77. The van der Waals surface area contributed by atoms with Gasteiger partial charge in [-0.1, -0.05) is 35.9 Å². The smallest absolute Gasteiger partial charge is 0.0486 e. The third-order valence-corrected chi connectivity index (χ3v) is 3.79. The molecule has 2 aromatic carbocycles. The SMILES string of the molecule is CNCc1cccc2c1ccn2Cc1ccc(Cl)cc1. The van der Waals surface area contributed by atoms with Crippen molar-refractivity contribution in [1.29, 1.82) is 0 Å². The summed E-state index contributed by atoms with van der Waals surface area (Å²) in [5.41, 5.74) is 3.86. The molecule has 102 valence electrons. The van der Waals surface area contributed by atoms with Crippen molar-refractivity contribution in [3.05, 3.63) is 70.9 Å². The summed E-state index contributed by atoms with van der Waals surface area (Å²) in [5.74, 6) is 0. The Morgan fingerprint density at radius 1 is 1.05 bits per heavy atom. The van der Waals surface area contributed by atoms with Gasteiger partial charge in [-0.05, 0) is 42.4 Å². The summed E-state index contributed by atoms with van der Waals surface area (Å²) in [5, 5.41) is 5.31. The quantitative estimate of drug-likeness (QED) is 0.764. The van der Waals surface area contributed by atoms with Gasteiger partial charge in [0.25, 0.3) is 0 Å². The fourth-order valence-electron chi connectivity index (χ4n) is 2.56. The van der Waals surface area contributed by atoms with E-state index in [2.05, 4.69) is 52.5 Å². The number of benzene rings is 2. The van der Waals surface area contributed by atoms with Crippen LogP contribution >= 0.6 is 11.6 Å². The molecule has 0 amide bonds. The van der Waals surface area contributed by atoms with Crippen LogP contribution in [-0.4, -0.2) is 11.6 Å². The fourth-order valence-corrected chi connectivity index (χ4v) is 2.68. The topological polar surface area (TPSA) is 17.0 Å². The average Bonchev–Trinajstić information content (AvgIpc) is 2.86. The van der Waals surface area contributed by atoms with Crippen molar-refractivity contribution in [3.63, 3.8) is 0 Å². The van der Waals surface area contributed by atoms with E-state index in [-0.39, 0.29) is 0 Å². The van der Waals surface area contributed by atoms with E-state index < -0.39 is 0 Å². The number of nitrogens with zero attached hydrogens (tertiary/aromatic N) is 1. The Labute approximate surface area is 124 Å². The van der Waals surface area contributed by atoms with E-state index in [1.165, 1.54) is 22.0 Å². The molecule has 0 atom stereocenters. The number of hydrogen-bond donors (Lipinski definition) is 1. The number of fused-ring (bicyclic) bond motifs is 1. The largest absolute Gasteiger partial charge is 0.343 e. The van der Waals surface area contributed by atoms with Crippen LogP contribution in [0.15, 0.2) is 54.7 Å². The van der Waals surface area contributed by atoms with Gasteiger partial charge in [0, 0.05) is 35.2 Å². The zero-order valence-electron chi connectivity index (χ0n) is 11.4. The van der Waals surface area contributed by atoms with Crippen LogP contribution in [0.5, 0.6) is 0 Å². The van der Waals surface area contributed by atoms with Crippen LogP contribution in [0.25, 0.3) is 10.9 Å². The van der Waals surface area contributed by atoms with Crippen LogP contribution in [-0.2, 0) is 13.1 Å². The lowest BCUT2D eigenvalue weighted by atomic mass is 10.1. The lowest BCUT2D eigenvalue weighted by Gasteiger charge is -2.07. The molecule has 3 aromatic rings. The molecule has 0 spiro atoms. The predicted molar refractivity (Wildman–Crippen MR) is 85.3 cm³/mol. The minimum absolute atomic E-state index is 0.780. The molecule has 0 unspecified atom stereocenters. The summed E-state index contributed by atoms with van der Waals surface area (Å²) in [6, 6.07) is 16.7. The second-order valence-corrected chi connectivity index (χ2v) is 5.39. The van der Waals surface area contributed by atoms with Gasteiger partial charge in [-0.2, -0.15) is 0 Å². The summed E-state index contributed by atoms with van der Waals surface area (Å²) in [6.07, 6.45) is 2.15. The highest BCUT2D eigenvalue weighted by molar-refractivity contribution is 6.30. The molecule has 1 N–H and O–H groups in total. The second kappa shape index (κ2) is 5.70. The number of halogens is 1. The standard InChI is InChI=1S/C17H17ClN2/c1-19-11-14-3-2-4-17-16(14)9-10-20(17)12-13-5-7-15(18)8-6-13/h2-10,19H,11-12H2,1H3. The summed E-state index contributed by atoms with van der Waals surface area (Å²) >= 11 is 5.93. The maximum atomic E-state index is 5.93. The van der Waals surface area contributed by atoms with Gasteiger partial charge in [-0.25, -0.2) is 0 Å². The average molecular weight is 285 g/mol. The van der Waals surface area contributed by atoms with E-state index in [0.29, 0.717) is 0 Å². The van der Waals surface area contributed by atoms with Crippen molar-refractivity contribution in [1.82, 2.24) is 9.88 Å². The van der Waals surface area contributed by atoms with Crippen molar-refractivity contribution in [2.75, 3.05) is 7.05 Å². The summed E-state index contributed by atoms with van der Waals surface area (Å²) < 4.78 is 2.28. The van der Waals surface area contributed by atoms with Crippen LogP contribution in [0.4, 0.5) is 0 Å². The van der Waals surface area contributed by atoms with Gasteiger partial charge < -0.3 is 9.88 Å². The summed E-state index contributed by atoms with van der Waals surface area (Å²) in [4.78, 5) is 0. The van der Waals surface area contributed by atoms with E-state index in [1.807, 2.05) is 19.2 Å². The molecule has 20 heavy (non-hydrogen) atoms. The molecule has 0 aliphatic rings. The molecule has 3 heteroatoms. The van der Waals surface area contributed by atoms with Crippen molar-refractivity contribution in [2.45, 2.75) is 13.1 Å². The van der Waals surface area contributed by atoms with Gasteiger partial charge in [0.2, 0.25) is 0 Å². The van der Waals surface area contributed by atoms with Gasteiger partial charge in [-0.3, -0.25) is 0 Å². The van der Waals surface area contributed by atoms with Crippen molar-refractivity contribution < 1.29 is 0 Å². The van der Waals surface area contributed by atoms with Gasteiger partial charge >= 0.3 is 0 Å². The molecule has 1 aromatic heterocycles. The minimum atomic E-state index is 0.780. The van der Waals surface area contributed by atoms with E-state index in [9.17, 15) is 0 Å². The predicted octanol–water partition coefficient (Wildman–Crippen LogP) is 4.06. The first-order valence-corrected chi connectivity index (χ1v) is 7.11. The van der Waals surface area contributed by atoms with Crippen molar-refractivity contribution >= 4 is 22.5 Å². The van der Waals surface area contributed by atoms with E-state index >= 15 is 0 Å². The lowest BCUT2D eigenvalue weighted by molar-refractivity contribution is 0.821. The number of hydrogen-bond acceptors (Lipinski definition) is 1. The maximum Gasteiger partial charge on any atom is 0.0486 e. The normalized spacial score (nSPS) is 11.1. The molecule has 3 rings (SSSR count). The minimum Gasteiger partial charge on any atom is -0.343 e. The molecular formula is C17H17ClN2. The first-order valence-electron chi connectivity index (χ1n) is 6.74. The second-order valence-electron chi connectivity index (χ2n) is 4.95.